The van der Waals surface area contributed by atoms with E-state index in [1.54, 1.807) is 13.2 Å². The first-order chi connectivity index (χ1) is 9.06. The van der Waals surface area contributed by atoms with Crippen molar-refractivity contribution in [1.29, 1.82) is 0 Å². The van der Waals surface area contributed by atoms with Crippen LogP contribution in [-0.4, -0.2) is 32.7 Å². The fourth-order valence-electron chi connectivity index (χ4n) is 1.74. The van der Waals surface area contributed by atoms with Crippen molar-refractivity contribution < 1.29 is 4.79 Å². The predicted molar refractivity (Wildman–Crippen MR) is 71.3 cm³/mol. The van der Waals surface area contributed by atoms with Crippen molar-refractivity contribution in [2.45, 2.75) is 20.3 Å². The maximum Gasteiger partial charge on any atom is 0.251 e. The molecule has 0 unspecified atom stereocenters. The van der Waals surface area contributed by atoms with Gasteiger partial charge in [-0.2, -0.15) is 5.10 Å². The zero-order chi connectivity index (χ0) is 14.0. The highest BCUT2D eigenvalue weighted by atomic mass is 16.1. The number of hydrogen-bond donors (Lipinski definition) is 2. The minimum atomic E-state index is -0.512. The summed E-state index contributed by atoms with van der Waals surface area (Å²) in [7, 11) is 1.80. The van der Waals surface area contributed by atoms with Gasteiger partial charge in [0.25, 0.3) is 5.91 Å². The van der Waals surface area contributed by atoms with Crippen LogP contribution in [0.25, 0.3) is 5.82 Å². The molecule has 0 fully saturated rings. The van der Waals surface area contributed by atoms with Crippen molar-refractivity contribution in [3.63, 3.8) is 0 Å². The number of hydrogen-bond acceptors (Lipinski definition) is 5. The van der Waals surface area contributed by atoms with Gasteiger partial charge in [-0.3, -0.25) is 4.79 Å². The van der Waals surface area contributed by atoms with Crippen LogP contribution in [0.2, 0.25) is 0 Å². The quantitative estimate of drug-likeness (QED) is 0.842. The largest absolute Gasteiger partial charge is 0.373 e. The molecule has 2 aromatic rings. The second-order valence-corrected chi connectivity index (χ2v) is 4.08. The Labute approximate surface area is 110 Å². The molecule has 7 nitrogen and oxygen atoms in total. The molecule has 19 heavy (non-hydrogen) atoms. The van der Waals surface area contributed by atoms with Crippen molar-refractivity contribution >= 4 is 11.7 Å². The number of aromatic nitrogens is 4. The summed E-state index contributed by atoms with van der Waals surface area (Å²) in [5.74, 6) is 1.59. The number of nitrogens with zero attached hydrogens (tertiary/aromatic N) is 4. The van der Waals surface area contributed by atoms with Crippen LogP contribution in [0.5, 0.6) is 0 Å². The Kier molecular flexibility index (Phi) is 3.46. The summed E-state index contributed by atoms with van der Waals surface area (Å²) < 4.78 is 1.54. The number of primary amides is 1. The van der Waals surface area contributed by atoms with Gasteiger partial charge < -0.3 is 11.1 Å². The van der Waals surface area contributed by atoms with Crippen LogP contribution in [0, 0.1) is 6.92 Å². The van der Waals surface area contributed by atoms with Gasteiger partial charge in [0.1, 0.15) is 11.6 Å². The van der Waals surface area contributed by atoms with Gasteiger partial charge in [0.15, 0.2) is 5.82 Å². The topological polar surface area (TPSA) is 98.7 Å². The molecule has 2 rings (SSSR count). The van der Waals surface area contributed by atoms with Gasteiger partial charge in [0.2, 0.25) is 0 Å². The van der Waals surface area contributed by atoms with E-state index in [2.05, 4.69) is 20.4 Å². The highest BCUT2D eigenvalue weighted by Crippen LogP contribution is 2.18. The van der Waals surface area contributed by atoms with E-state index in [9.17, 15) is 4.79 Å². The van der Waals surface area contributed by atoms with Gasteiger partial charge in [0, 0.05) is 25.2 Å². The van der Waals surface area contributed by atoms with E-state index in [4.69, 9.17) is 5.73 Å². The van der Waals surface area contributed by atoms with Crippen LogP contribution in [0.1, 0.15) is 28.7 Å². The third kappa shape index (κ3) is 2.40. The third-order valence-electron chi connectivity index (χ3n) is 2.80. The lowest BCUT2D eigenvalue weighted by molar-refractivity contribution is 0.100. The molecule has 0 saturated carbocycles. The first-order valence-electron chi connectivity index (χ1n) is 5.97. The fourth-order valence-corrected chi connectivity index (χ4v) is 1.74. The van der Waals surface area contributed by atoms with Crippen molar-refractivity contribution in [1.82, 2.24) is 19.7 Å². The number of rotatable bonds is 4. The van der Waals surface area contributed by atoms with Crippen LogP contribution in [0.15, 0.2) is 12.4 Å². The average Bonchev–Trinajstić information content (AvgIpc) is 2.88. The number of carbonyl (C=O) groups is 1. The zero-order valence-corrected chi connectivity index (χ0v) is 11.1. The zero-order valence-electron chi connectivity index (χ0n) is 11.1. The Balaban J connectivity index is 2.56. The van der Waals surface area contributed by atoms with Gasteiger partial charge >= 0.3 is 0 Å². The molecule has 0 aromatic carbocycles. The summed E-state index contributed by atoms with van der Waals surface area (Å²) in [4.78, 5) is 19.9. The minimum Gasteiger partial charge on any atom is -0.373 e. The van der Waals surface area contributed by atoms with Crippen LogP contribution in [0.3, 0.4) is 0 Å². The van der Waals surface area contributed by atoms with Crippen molar-refractivity contribution in [3.05, 3.63) is 29.3 Å². The second-order valence-electron chi connectivity index (χ2n) is 4.08. The summed E-state index contributed by atoms with van der Waals surface area (Å²) in [6, 6.07) is 0. The molecule has 7 heteroatoms. The predicted octanol–water partition coefficient (Wildman–Crippen LogP) is 0.674. The maximum atomic E-state index is 11.1. The number of aryl methyl sites for hydroxylation is 1. The van der Waals surface area contributed by atoms with Crippen molar-refractivity contribution in [3.8, 4) is 5.82 Å². The second kappa shape index (κ2) is 5.05. The lowest BCUT2D eigenvalue weighted by Crippen LogP contribution is -2.11. The molecule has 0 atom stereocenters. The smallest absolute Gasteiger partial charge is 0.251 e. The molecule has 3 N–H and O–H groups in total. The van der Waals surface area contributed by atoms with Gasteiger partial charge in [-0.1, -0.05) is 6.92 Å². The number of anilines is 1. The van der Waals surface area contributed by atoms with E-state index in [1.807, 2.05) is 13.8 Å². The summed E-state index contributed by atoms with van der Waals surface area (Å²) in [5.41, 5.74) is 6.43. The molecule has 2 heterocycles. The molecule has 0 bridgehead atoms. The lowest BCUT2D eigenvalue weighted by Gasteiger charge is -2.11. The standard InChI is InChI=1S/C12H16N6O/c1-4-9-16-11(14-3)7(2)12(17-9)18-6-8(5-15-18)10(13)19/h5-6H,4H2,1-3H3,(H2,13,19)(H,14,16,17). The van der Waals surface area contributed by atoms with E-state index in [1.165, 1.54) is 10.9 Å². The molecular formula is C12H16N6O. The van der Waals surface area contributed by atoms with Crippen LogP contribution in [-0.2, 0) is 6.42 Å². The van der Waals surface area contributed by atoms with E-state index >= 15 is 0 Å². The van der Waals surface area contributed by atoms with Crippen molar-refractivity contribution in [2.75, 3.05) is 12.4 Å². The SMILES string of the molecule is CCc1nc(NC)c(C)c(-n2cc(C(N)=O)cn2)n1. The fraction of sp³-hybridized carbons (Fsp3) is 0.333. The monoisotopic (exact) mass is 260 g/mol. The van der Waals surface area contributed by atoms with E-state index in [-0.39, 0.29) is 0 Å². The van der Waals surface area contributed by atoms with Crippen LogP contribution >= 0.6 is 0 Å². The van der Waals surface area contributed by atoms with Gasteiger partial charge in [-0.15, -0.1) is 0 Å². The Bertz CT molecular complexity index is 619. The Morgan fingerprint density at radius 3 is 2.74 bits per heavy atom. The molecule has 2 aromatic heterocycles. The van der Waals surface area contributed by atoms with E-state index in [0.717, 1.165) is 11.4 Å². The molecule has 0 aliphatic rings. The van der Waals surface area contributed by atoms with Crippen LogP contribution in [0.4, 0.5) is 5.82 Å². The highest BCUT2D eigenvalue weighted by molar-refractivity contribution is 5.92. The summed E-state index contributed by atoms with van der Waals surface area (Å²) in [6.45, 7) is 3.87. The third-order valence-corrected chi connectivity index (χ3v) is 2.80. The summed E-state index contributed by atoms with van der Waals surface area (Å²) >= 11 is 0. The van der Waals surface area contributed by atoms with Crippen molar-refractivity contribution in [2.24, 2.45) is 5.73 Å². The van der Waals surface area contributed by atoms with Crippen LogP contribution < -0.4 is 11.1 Å². The normalized spacial score (nSPS) is 10.5. The molecule has 0 radical (unpaired) electrons. The molecule has 0 saturated heterocycles. The first-order valence-corrected chi connectivity index (χ1v) is 5.97. The molecule has 1 amide bonds. The number of amides is 1. The number of carbonyl (C=O) groups excluding carboxylic acids is 1. The summed E-state index contributed by atoms with van der Waals surface area (Å²) in [6.07, 6.45) is 3.71. The highest BCUT2D eigenvalue weighted by Gasteiger charge is 2.13. The summed E-state index contributed by atoms with van der Waals surface area (Å²) in [5, 5.41) is 7.14. The Morgan fingerprint density at radius 2 is 2.21 bits per heavy atom. The van der Waals surface area contributed by atoms with Gasteiger partial charge in [-0.25, -0.2) is 14.6 Å². The number of nitrogens with one attached hydrogen (secondary N) is 1. The van der Waals surface area contributed by atoms with E-state index < -0.39 is 5.91 Å². The molecular weight excluding hydrogens is 244 g/mol. The average molecular weight is 260 g/mol. The minimum absolute atomic E-state index is 0.349. The first kappa shape index (κ1) is 13.0. The van der Waals surface area contributed by atoms with E-state index in [0.29, 0.717) is 23.6 Å². The maximum absolute atomic E-state index is 11.1. The molecule has 0 spiro atoms. The molecule has 0 aliphatic heterocycles. The Hall–Kier alpha value is -2.44. The number of nitrogens with two attached hydrogens (primary N) is 1. The Morgan fingerprint density at radius 1 is 1.47 bits per heavy atom. The van der Waals surface area contributed by atoms with Gasteiger partial charge in [0.05, 0.1) is 11.8 Å². The lowest BCUT2D eigenvalue weighted by atomic mass is 10.3. The van der Waals surface area contributed by atoms with Gasteiger partial charge in [-0.05, 0) is 6.92 Å². The molecule has 100 valence electrons. The molecule has 0 aliphatic carbocycles.